The standard InChI is InChI=1S/C77H87N/c1-9-54-22-18-28-56(29-19-23-54)60-50-61(57-30-20-24-55(10-2)25-21-31-57)52-62(51-60)58-36-46-67(47-37-58)78(74-35-17-15-32-69(74)59-26-12-11-13-27-59)68-48-49-71-70-33-14-16-34-72(70)77(73(71)53-68,65-42-38-63(39-43-65)75(3,4)5)66-44-40-64(41-45-66)76(6,7)8/h11-17,26-27,32-57H,9-10,18-25,28-31H2,1-8H3. The van der Waals surface area contributed by atoms with Crippen LogP contribution in [0, 0.1) is 11.8 Å². The van der Waals surface area contributed by atoms with Crippen molar-refractivity contribution in [3.63, 3.8) is 0 Å². The van der Waals surface area contributed by atoms with Crippen molar-refractivity contribution in [3.05, 3.63) is 233 Å². The van der Waals surface area contributed by atoms with Gasteiger partial charge in [-0.2, -0.15) is 0 Å². The summed E-state index contributed by atoms with van der Waals surface area (Å²) < 4.78 is 0. The minimum atomic E-state index is -0.561. The predicted octanol–water partition coefficient (Wildman–Crippen LogP) is 22.4. The molecule has 1 heteroatoms. The molecule has 0 amide bonds. The van der Waals surface area contributed by atoms with Crippen LogP contribution in [0.1, 0.15) is 202 Å². The van der Waals surface area contributed by atoms with E-state index in [2.05, 4.69) is 248 Å². The summed E-state index contributed by atoms with van der Waals surface area (Å²) in [5, 5.41) is 0. The summed E-state index contributed by atoms with van der Waals surface area (Å²) in [6, 6.07) is 73.4. The third-order valence-corrected chi connectivity index (χ3v) is 19.1. The van der Waals surface area contributed by atoms with Crippen molar-refractivity contribution in [2.75, 3.05) is 4.90 Å². The lowest BCUT2D eigenvalue weighted by Crippen LogP contribution is -2.29. The van der Waals surface area contributed by atoms with Crippen LogP contribution in [0.5, 0.6) is 0 Å². The molecule has 8 aromatic rings. The van der Waals surface area contributed by atoms with Crippen LogP contribution in [0.15, 0.2) is 188 Å². The molecule has 3 aliphatic carbocycles. The second-order valence-electron chi connectivity index (χ2n) is 26.0. The zero-order valence-corrected chi connectivity index (χ0v) is 48.6. The van der Waals surface area contributed by atoms with E-state index in [-0.39, 0.29) is 10.8 Å². The van der Waals surface area contributed by atoms with Crippen LogP contribution in [0.4, 0.5) is 17.1 Å². The fraction of sp³-hybridized carbons (Fsp3) is 0.377. The monoisotopic (exact) mass is 1030 g/mol. The summed E-state index contributed by atoms with van der Waals surface area (Å²) >= 11 is 0. The van der Waals surface area contributed by atoms with Gasteiger partial charge in [-0.1, -0.05) is 277 Å². The maximum atomic E-state index is 2.69. The molecule has 2 fully saturated rings. The van der Waals surface area contributed by atoms with Gasteiger partial charge in [0.15, 0.2) is 0 Å². The van der Waals surface area contributed by atoms with E-state index >= 15 is 0 Å². The first-order valence-corrected chi connectivity index (χ1v) is 30.5. The summed E-state index contributed by atoms with van der Waals surface area (Å²) in [4.78, 5) is 2.55. The fourth-order valence-corrected chi connectivity index (χ4v) is 14.4. The Morgan fingerprint density at radius 3 is 1.36 bits per heavy atom. The predicted molar refractivity (Wildman–Crippen MR) is 335 cm³/mol. The number of anilines is 3. The smallest absolute Gasteiger partial charge is 0.0714 e. The summed E-state index contributed by atoms with van der Waals surface area (Å²) in [5.41, 5.74) is 21.8. The van der Waals surface area contributed by atoms with Crippen molar-refractivity contribution in [3.8, 4) is 33.4 Å². The first-order chi connectivity index (χ1) is 37.8. The van der Waals surface area contributed by atoms with Gasteiger partial charge in [-0.3, -0.25) is 0 Å². The van der Waals surface area contributed by atoms with Crippen molar-refractivity contribution in [1.82, 2.24) is 0 Å². The lowest BCUT2D eigenvalue weighted by molar-refractivity contribution is 0.347. The zero-order valence-electron chi connectivity index (χ0n) is 48.6. The molecule has 1 nitrogen and oxygen atoms in total. The van der Waals surface area contributed by atoms with Crippen LogP contribution in [0.25, 0.3) is 33.4 Å². The molecule has 0 aliphatic heterocycles. The molecule has 78 heavy (non-hydrogen) atoms. The highest BCUT2D eigenvalue weighted by Gasteiger charge is 2.47. The van der Waals surface area contributed by atoms with Gasteiger partial charge in [0.25, 0.3) is 0 Å². The lowest BCUT2D eigenvalue weighted by atomic mass is 9.67. The van der Waals surface area contributed by atoms with Crippen molar-refractivity contribution < 1.29 is 0 Å². The van der Waals surface area contributed by atoms with Crippen molar-refractivity contribution in [2.24, 2.45) is 11.8 Å². The van der Waals surface area contributed by atoms with Crippen molar-refractivity contribution in [1.29, 1.82) is 0 Å². The van der Waals surface area contributed by atoms with E-state index in [1.165, 1.54) is 157 Å². The maximum absolute atomic E-state index is 2.69. The van der Waals surface area contributed by atoms with Gasteiger partial charge in [0.1, 0.15) is 0 Å². The van der Waals surface area contributed by atoms with Crippen LogP contribution in [-0.2, 0) is 16.2 Å². The van der Waals surface area contributed by atoms with E-state index in [9.17, 15) is 0 Å². The molecule has 3 aliphatic rings. The van der Waals surface area contributed by atoms with E-state index in [0.717, 1.165) is 28.9 Å². The van der Waals surface area contributed by atoms with E-state index in [1.807, 2.05) is 0 Å². The summed E-state index contributed by atoms with van der Waals surface area (Å²) in [7, 11) is 0. The minimum Gasteiger partial charge on any atom is -0.310 e. The molecular formula is C77H87N. The third kappa shape index (κ3) is 10.7. The number of benzene rings is 8. The molecule has 0 unspecified atom stereocenters. The average Bonchev–Trinajstić information content (AvgIpc) is 3.87. The van der Waals surface area contributed by atoms with Crippen LogP contribution >= 0.6 is 0 Å². The number of rotatable bonds is 11. The molecule has 2 saturated carbocycles. The Balaban J connectivity index is 1.07. The number of para-hydroxylation sites is 1. The molecule has 0 N–H and O–H groups in total. The van der Waals surface area contributed by atoms with Gasteiger partial charge < -0.3 is 4.90 Å². The first kappa shape index (κ1) is 53.6. The fourth-order valence-electron chi connectivity index (χ4n) is 14.4. The number of nitrogens with zero attached hydrogens (tertiary/aromatic N) is 1. The van der Waals surface area contributed by atoms with Crippen LogP contribution in [-0.4, -0.2) is 0 Å². The second kappa shape index (κ2) is 22.7. The largest absolute Gasteiger partial charge is 0.310 e. The van der Waals surface area contributed by atoms with Gasteiger partial charge in [-0.05, 0) is 163 Å². The molecular weight excluding hydrogens is 939 g/mol. The molecule has 0 aromatic heterocycles. The van der Waals surface area contributed by atoms with Gasteiger partial charge in [0.05, 0.1) is 11.1 Å². The lowest BCUT2D eigenvalue weighted by Gasteiger charge is -2.36. The Kier molecular flexibility index (Phi) is 15.6. The van der Waals surface area contributed by atoms with Gasteiger partial charge >= 0.3 is 0 Å². The molecule has 0 bridgehead atoms. The van der Waals surface area contributed by atoms with Crippen molar-refractivity contribution in [2.45, 2.75) is 173 Å². The second-order valence-corrected chi connectivity index (χ2v) is 26.0. The van der Waals surface area contributed by atoms with E-state index in [1.54, 1.807) is 11.1 Å². The van der Waals surface area contributed by atoms with E-state index in [0.29, 0.717) is 11.8 Å². The van der Waals surface area contributed by atoms with Gasteiger partial charge in [-0.25, -0.2) is 0 Å². The third-order valence-electron chi connectivity index (χ3n) is 19.1. The molecule has 0 spiro atoms. The van der Waals surface area contributed by atoms with Crippen LogP contribution in [0.2, 0.25) is 0 Å². The maximum Gasteiger partial charge on any atom is 0.0714 e. The SMILES string of the molecule is CCC1CCCC(c2cc(-c3ccc(N(c4ccc5c(c4)C(c4ccc(C(C)(C)C)cc4)(c4ccc(C(C)(C)C)cc4)c4ccccc4-5)c4ccccc4-c4ccccc4)cc3)cc(C3CCCC(CC)CCC3)c2)CCC1. The molecule has 8 aromatic carbocycles. The average molecular weight is 1030 g/mol. The molecule has 0 atom stereocenters. The summed E-state index contributed by atoms with van der Waals surface area (Å²) in [6.07, 6.45) is 18.9. The van der Waals surface area contributed by atoms with Gasteiger partial charge in [0.2, 0.25) is 0 Å². The number of fused-ring (bicyclic) bond motifs is 3. The summed E-state index contributed by atoms with van der Waals surface area (Å²) in [6.45, 7) is 18.7. The van der Waals surface area contributed by atoms with Crippen molar-refractivity contribution >= 4 is 17.1 Å². The normalized spacial score (nSPS) is 19.6. The minimum absolute atomic E-state index is 0.0334. The first-order valence-electron chi connectivity index (χ1n) is 30.5. The summed E-state index contributed by atoms with van der Waals surface area (Å²) in [5.74, 6) is 3.07. The topological polar surface area (TPSA) is 3.24 Å². The molecule has 400 valence electrons. The molecule has 11 rings (SSSR count). The van der Waals surface area contributed by atoms with Crippen LogP contribution in [0.3, 0.4) is 0 Å². The van der Waals surface area contributed by atoms with Crippen LogP contribution < -0.4 is 4.90 Å². The molecule has 0 saturated heterocycles. The molecule has 0 heterocycles. The Bertz CT molecular complexity index is 3160. The quantitative estimate of drug-likeness (QED) is 0.125. The zero-order chi connectivity index (χ0) is 54.0. The Morgan fingerprint density at radius 1 is 0.385 bits per heavy atom. The Hall–Kier alpha value is -6.44. The number of hydrogen-bond acceptors (Lipinski definition) is 1. The van der Waals surface area contributed by atoms with E-state index in [4.69, 9.17) is 0 Å². The highest BCUT2D eigenvalue weighted by Crippen LogP contribution is 2.58. The highest BCUT2D eigenvalue weighted by atomic mass is 15.1. The van der Waals surface area contributed by atoms with Gasteiger partial charge in [0, 0.05) is 16.9 Å². The van der Waals surface area contributed by atoms with Gasteiger partial charge in [-0.15, -0.1) is 0 Å². The van der Waals surface area contributed by atoms with E-state index < -0.39 is 5.41 Å². The highest BCUT2D eigenvalue weighted by molar-refractivity contribution is 5.92. The molecule has 0 radical (unpaired) electrons. The number of hydrogen-bond donors (Lipinski definition) is 0. The Labute approximate surface area is 470 Å². The Morgan fingerprint density at radius 2 is 0.846 bits per heavy atom.